The Kier molecular flexibility index (Phi) is 9.00. The average molecular weight is 593 g/mol. The van der Waals surface area contributed by atoms with Crippen LogP contribution < -0.4 is 4.90 Å². The third-order valence-corrected chi connectivity index (χ3v) is 6.76. The third-order valence-electron chi connectivity index (χ3n) is 6.28. The molecule has 1 heterocycles. The van der Waals surface area contributed by atoms with Crippen LogP contribution in [0.1, 0.15) is 30.5 Å². The lowest BCUT2D eigenvalue weighted by Gasteiger charge is -2.42. The summed E-state index contributed by atoms with van der Waals surface area (Å²) in [5, 5.41) is 0.165. The quantitative estimate of drug-likeness (QED) is 0.265. The summed E-state index contributed by atoms with van der Waals surface area (Å²) in [7, 11) is 0. The molecule has 1 aliphatic rings. The van der Waals surface area contributed by atoms with Crippen molar-refractivity contribution in [2.75, 3.05) is 29.9 Å². The van der Waals surface area contributed by atoms with Crippen molar-refractivity contribution in [2.24, 2.45) is 0 Å². The molecule has 0 radical (unpaired) electrons. The van der Waals surface area contributed by atoms with Gasteiger partial charge in [0.15, 0.2) is 0 Å². The number of halogens is 7. The molecule has 2 aromatic rings. The Bertz CT molecular complexity index is 1090. The molecule has 0 saturated carbocycles. The fourth-order valence-corrected chi connectivity index (χ4v) is 4.83. The summed E-state index contributed by atoms with van der Waals surface area (Å²) in [4.78, 5) is 15.6. The lowest BCUT2D eigenvalue weighted by molar-refractivity contribution is -0.392. The van der Waals surface area contributed by atoms with Gasteiger partial charge in [0, 0.05) is 36.9 Å². The van der Waals surface area contributed by atoms with Crippen molar-refractivity contribution in [1.29, 1.82) is 0 Å². The van der Waals surface area contributed by atoms with Crippen molar-refractivity contribution in [2.45, 2.75) is 44.4 Å². The molecule has 11 heteroatoms. The molecule has 1 atom stereocenters. The normalized spacial score (nSPS) is 17.5. The maximum Gasteiger partial charge on any atom is 0.430 e. The monoisotopic (exact) mass is 592 g/mol. The van der Waals surface area contributed by atoms with Crippen LogP contribution in [0.25, 0.3) is 6.08 Å². The van der Waals surface area contributed by atoms with Crippen LogP contribution in [0.15, 0.2) is 54.6 Å². The summed E-state index contributed by atoms with van der Waals surface area (Å²) in [6.45, 7) is 3.70. The molecule has 1 fully saturated rings. The van der Waals surface area contributed by atoms with Gasteiger partial charge >= 0.3 is 12.4 Å². The van der Waals surface area contributed by atoms with Gasteiger partial charge in [-0.1, -0.05) is 64.5 Å². The van der Waals surface area contributed by atoms with E-state index in [2.05, 4.69) is 15.9 Å². The van der Waals surface area contributed by atoms with Crippen molar-refractivity contribution in [3.05, 3.63) is 71.3 Å². The van der Waals surface area contributed by atoms with E-state index in [0.717, 1.165) is 12.1 Å². The lowest BCUT2D eigenvalue weighted by Crippen LogP contribution is -2.56. The molecule has 2 aromatic carbocycles. The number of rotatable bonds is 7. The molecule has 37 heavy (non-hydrogen) atoms. The van der Waals surface area contributed by atoms with E-state index < -0.39 is 30.1 Å². The van der Waals surface area contributed by atoms with Gasteiger partial charge in [0.25, 0.3) is 5.60 Å². The van der Waals surface area contributed by atoms with Crippen LogP contribution in [0.4, 0.5) is 32.0 Å². The molecule has 0 N–H and O–H groups in total. The van der Waals surface area contributed by atoms with E-state index in [0.29, 0.717) is 25.3 Å². The zero-order chi connectivity index (χ0) is 27.4. The number of hydrogen-bond donors (Lipinski definition) is 0. The molecule has 0 aliphatic carbocycles. The summed E-state index contributed by atoms with van der Waals surface area (Å²) in [5.74, 6) is -0.0915. The topological polar surface area (TPSA) is 32.8 Å². The fourth-order valence-electron chi connectivity index (χ4n) is 4.48. The number of piperazine rings is 1. The number of carbonyl (C=O) groups excluding carboxylic acids is 1. The molecular weight excluding hydrogens is 566 g/mol. The summed E-state index contributed by atoms with van der Waals surface area (Å²) in [6.07, 6.45) is -8.56. The van der Waals surface area contributed by atoms with Crippen molar-refractivity contribution >= 4 is 33.6 Å². The average Bonchev–Trinajstić information content (AvgIpc) is 2.83. The molecule has 0 unspecified atom stereocenters. The van der Waals surface area contributed by atoms with Crippen LogP contribution in [-0.4, -0.2) is 54.2 Å². The maximum absolute atomic E-state index is 14.3. The molecule has 3 rings (SSSR count). The minimum absolute atomic E-state index is 0.0915. The van der Waals surface area contributed by atoms with Gasteiger partial charge in [0.2, 0.25) is 5.91 Å². The molecule has 1 amide bonds. The van der Waals surface area contributed by atoms with Gasteiger partial charge in [-0.15, -0.1) is 0 Å². The summed E-state index contributed by atoms with van der Waals surface area (Å²) in [5.41, 5.74) is -4.75. The number of hydrogen-bond acceptors (Lipinski definition) is 3. The Morgan fingerprint density at radius 3 is 2.24 bits per heavy atom. The largest absolute Gasteiger partial charge is 0.430 e. The highest BCUT2D eigenvalue weighted by Gasteiger charge is 2.73. The minimum atomic E-state index is -5.79. The van der Waals surface area contributed by atoms with Crippen molar-refractivity contribution in [1.82, 2.24) is 4.90 Å². The van der Waals surface area contributed by atoms with Crippen LogP contribution in [-0.2, 0) is 21.7 Å². The molecule has 4 nitrogen and oxygen atoms in total. The van der Waals surface area contributed by atoms with Gasteiger partial charge in [-0.2, -0.15) is 26.3 Å². The predicted molar refractivity (Wildman–Crippen MR) is 133 cm³/mol. The van der Waals surface area contributed by atoms with Crippen molar-refractivity contribution in [3.8, 4) is 0 Å². The number of anilines is 1. The van der Waals surface area contributed by atoms with Gasteiger partial charge in [-0.05, 0) is 37.1 Å². The molecule has 0 aromatic heterocycles. The molecular formula is C26H27BrF6N2O2. The molecule has 0 spiro atoms. The number of allylic oxidation sites excluding steroid dienone is 1. The highest BCUT2D eigenvalue weighted by Crippen LogP contribution is 2.54. The van der Waals surface area contributed by atoms with Crippen LogP contribution in [0.3, 0.4) is 0 Å². The second kappa shape index (κ2) is 11.5. The van der Waals surface area contributed by atoms with E-state index in [4.69, 9.17) is 4.74 Å². The Morgan fingerprint density at radius 1 is 1.05 bits per heavy atom. The van der Waals surface area contributed by atoms with Gasteiger partial charge in [0.1, 0.15) is 0 Å². The first-order valence-corrected chi connectivity index (χ1v) is 12.7. The summed E-state index contributed by atoms with van der Waals surface area (Å²) < 4.78 is 90.8. The molecule has 0 bridgehead atoms. The second-order valence-electron chi connectivity index (χ2n) is 8.74. The first-order valence-electron chi connectivity index (χ1n) is 11.5. The maximum atomic E-state index is 14.3. The first kappa shape index (κ1) is 29.0. The van der Waals surface area contributed by atoms with E-state index in [1.54, 1.807) is 24.0 Å². The van der Waals surface area contributed by atoms with E-state index in [9.17, 15) is 31.1 Å². The highest BCUT2D eigenvalue weighted by molar-refractivity contribution is 9.09. The predicted octanol–water partition coefficient (Wildman–Crippen LogP) is 6.69. The third kappa shape index (κ3) is 5.98. The van der Waals surface area contributed by atoms with Crippen LogP contribution >= 0.6 is 15.9 Å². The number of benzene rings is 2. The van der Waals surface area contributed by atoms with Crippen molar-refractivity contribution < 1.29 is 35.9 Å². The Labute approximate surface area is 220 Å². The Morgan fingerprint density at radius 2 is 1.70 bits per heavy atom. The van der Waals surface area contributed by atoms with E-state index >= 15 is 0 Å². The summed E-state index contributed by atoms with van der Waals surface area (Å²) in [6, 6.07) is 10.2. The van der Waals surface area contributed by atoms with Crippen LogP contribution in [0, 0.1) is 0 Å². The number of alkyl halides is 7. The molecule has 1 aliphatic heterocycles. The lowest BCUT2D eigenvalue weighted by atomic mass is 9.89. The standard InChI is InChI=1S/C26H27BrF6N2O2/c1-3-7-20-14-21(10-11-22(20)35-13-12-34(16-18(35)2)23(36)15-27)24(25(28,29)30,26(31,32)33)37-17-19-8-5-4-6-9-19/h3-11,14,18H,12-13,15-17H2,1-2H3/b7-3-/t18-/m0/s1. The number of nitrogens with zero attached hydrogens (tertiary/aromatic N) is 2. The van der Waals surface area contributed by atoms with Crippen molar-refractivity contribution in [3.63, 3.8) is 0 Å². The molecule has 202 valence electrons. The zero-order valence-electron chi connectivity index (χ0n) is 20.2. The van der Waals surface area contributed by atoms with Crippen LogP contribution in [0.2, 0.25) is 0 Å². The number of carbonyl (C=O) groups is 1. The number of ether oxygens (including phenoxy) is 1. The first-order chi connectivity index (χ1) is 17.4. The van der Waals surface area contributed by atoms with Gasteiger partial charge in [-0.3, -0.25) is 4.79 Å². The minimum Gasteiger partial charge on any atom is -0.365 e. The van der Waals surface area contributed by atoms with E-state index in [1.165, 1.54) is 36.4 Å². The fraction of sp³-hybridized carbons (Fsp3) is 0.423. The van der Waals surface area contributed by atoms with Gasteiger partial charge < -0.3 is 14.5 Å². The zero-order valence-corrected chi connectivity index (χ0v) is 21.8. The highest BCUT2D eigenvalue weighted by atomic mass is 79.9. The summed E-state index contributed by atoms with van der Waals surface area (Å²) >= 11 is 3.14. The van der Waals surface area contributed by atoms with Crippen LogP contribution in [0.5, 0.6) is 0 Å². The van der Waals surface area contributed by atoms with E-state index in [1.807, 2.05) is 11.8 Å². The van der Waals surface area contributed by atoms with Gasteiger partial charge in [0.05, 0.1) is 11.9 Å². The SMILES string of the molecule is C/C=C\c1cc(C(OCc2ccccc2)(C(F)(F)F)C(F)(F)F)ccc1N1CCN(C(=O)CBr)C[C@@H]1C. The Hall–Kier alpha value is -2.53. The second-order valence-corrected chi connectivity index (χ2v) is 9.30. The number of amides is 1. The van der Waals surface area contributed by atoms with Gasteiger partial charge in [-0.25, -0.2) is 0 Å². The Balaban J connectivity index is 2.07. The molecule has 1 saturated heterocycles. The van der Waals surface area contributed by atoms with E-state index in [-0.39, 0.29) is 28.4 Å². The smallest absolute Gasteiger partial charge is 0.365 e.